The molecule has 0 radical (unpaired) electrons. The topological polar surface area (TPSA) is 76.0 Å². The number of amides is 2. The summed E-state index contributed by atoms with van der Waals surface area (Å²) in [4.78, 5) is 25.1. The van der Waals surface area contributed by atoms with E-state index in [-0.39, 0.29) is 33.7 Å². The number of carbonyl (C=O) groups is 2. The third-order valence-corrected chi connectivity index (χ3v) is 5.20. The van der Waals surface area contributed by atoms with Gasteiger partial charge in [-0.25, -0.2) is 8.78 Å². The summed E-state index contributed by atoms with van der Waals surface area (Å²) in [6.45, 7) is 0. The Morgan fingerprint density at radius 2 is 1.88 bits per heavy atom. The van der Waals surface area contributed by atoms with Crippen LogP contribution in [-0.4, -0.2) is 21.6 Å². The van der Waals surface area contributed by atoms with E-state index in [2.05, 4.69) is 15.7 Å². The number of carbonyl (C=O) groups excluding carboxylic acids is 2. The van der Waals surface area contributed by atoms with Crippen LogP contribution >= 0.6 is 11.6 Å². The largest absolute Gasteiger partial charge is 0.416 e. The second kappa shape index (κ2) is 7.59. The lowest BCUT2D eigenvalue weighted by molar-refractivity contribution is -0.137. The number of halogens is 6. The number of nitrogens with zero attached hydrogens (tertiary/aromatic N) is 2. The van der Waals surface area contributed by atoms with Crippen molar-refractivity contribution in [2.75, 3.05) is 5.32 Å². The minimum absolute atomic E-state index is 0.0425. The van der Waals surface area contributed by atoms with Crippen molar-refractivity contribution in [3.8, 4) is 0 Å². The maximum atomic E-state index is 13.8. The van der Waals surface area contributed by atoms with Crippen LogP contribution in [0.1, 0.15) is 43.6 Å². The third-order valence-electron chi connectivity index (χ3n) is 4.85. The zero-order chi connectivity index (χ0) is 23.4. The summed E-state index contributed by atoms with van der Waals surface area (Å²) in [7, 11) is 1.41. The highest BCUT2D eigenvalue weighted by molar-refractivity contribution is 6.31. The van der Waals surface area contributed by atoms with Crippen LogP contribution in [0.3, 0.4) is 0 Å². The van der Waals surface area contributed by atoms with E-state index < -0.39 is 46.8 Å². The van der Waals surface area contributed by atoms with Crippen molar-refractivity contribution in [2.24, 2.45) is 7.05 Å². The molecule has 0 bridgehead atoms. The molecule has 1 atom stereocenters. The summed E-state index contributed by atoms with van der Waals surface area (Å²) in [5.41, 5.74) is -1.57. The van der Waals surface area contributed by atoms with E-state index in [1.54, 1.807) is 0 Å². The fourth-order valence-electron chi connectivity index (χ4n) is 3.48. The predicted molar refractivity (Wildman–Crippen MR) is 103 cm³/mol. The highest BCUT2D eigenvalue weighted by Crippen LogP contribution is 2.39. The number of anilines is 1. The van der Waals surface area contributed by atoms with Crippen LogP contribution in [0.4, 0.5) is 27.8 Å². The summed E-state index contributed by atoms with van der Waals surface area (Å²) in [6.07, 6.45) is -4.86. The molecule has 166 valence electrons. The molecule has 1 aliphatic rings. The van der Waals surface area contributed by atoms with Crippen LogP contribution in [0.25, 0.3) is 0 Å². The van der Waals surface area contributed by atoms with E-state index in [1.807, 2.05) is 0 Å². The van der Waals surface area contributed by atoms with Gasteiger partial charge in [0.25, 0.3) is 11.8 Å². The first kappa shape index (κ1) is 21.8. The molecule has 3 aromatic rings. The van der Waals surface area contributed by atoms with Crippen LogP contribution in [-0.2, 0) is 13.2 Å². The molecule has 0 spiro atoms. The molecule has 0 saturated heterocycles. The smallest absolute Gasteiger partial charge is 0.339 e. The standard InChI is InChI=1S/C20H12ClF5N4O2/c1-30-16-14(15(27-19(16)32)12-7-10(22)2-3-13(12)21)17(29-30)28-18(31)8-4-9(20(24,25)26)6-11(23)5-8/h2-7,15H,1H3,(H,27,32)(H,28,29,31). The molecule has 0 fully saturated rings. The van der Waals surface area contributed by atoms with Crippen LogP contribution < -0.4 is 10.6 Å². The van der Waals surface area contributed by atoms with Crippen molar-refractivity contribution in [3.63, 3.8) is 0 Å². The van der Waals surface area contributed by atoms with E-state index in [0.29, 0.717) is 12.1 Å². The average Bonchev–Trinajstić information content (AvgIpc) is 3.21. The van der Waals surface area contributed by atoms with Crippen LogP contribution in [0.2, 0.25) is 5.02 Å². The molecule has 2 heterocycles. The number of nitrogens with one attached hydrogen (secondary N) is 2. The van der Waals surface area contributed by atoms with Gasteiger partial charge in [-0.3, -0.25) is 14.3 Å². The summed E-state index contributed by atoms with van der Waals surface area (Å²) < 4.78 is 67.6. The molecule has 0 aliphatic carbocycles. The van der Waals surface area contributed by atoms with Gasteiger partial charge in [0.15, 0.2) is 5.82 Å². The van der Waals surface area contributed by atoms with E-state index in [1.165, 1.54) is 13.1 Å². The Labute approximate surface area is 182 Å². The summed E-state index contributed by atoms with van der Waals surface area (Å²) in [5, 5.41) is 9.08. The molecular formula is C20H12ClF5N4O2. The maximum absolute atomic E-state index is 13.8. The van der Waals surface area contributed by atoms with E-state index in [4.69, 9.17) is 11.6 Å². The number of hydrogen-bond donors (Lipinski definition) is 2. The fourth-order valence-corrected chi connectivity index (χ4v) is 3.71. The Bertz CT molecular complexity index is 1270. The Balaban J connectivity index is 1.75. The van der Waals surface area contributed by atoms with Gasteiger partial charge in [-0.05, 0) is 36.4 Å². The molecule has 1 aliphatic heterocycles. The highest BCUT2D eigenvalue weighted by Gasteiger charge is 2.38. The Hall–Kier alpha value is -3.47. The lowest BCUT2D eigenvalue weighted by Gasteiger charge is -2.15. The Morgan fingerprint density at radius 1 is 1.16 bits per heavy atom. The fraction of sp³-hybridized carbons (Fsp3) is 0.150. The number of alkyl halides is 3. The molecule has 4 rings (SSSR count). The van der Waals surface area contributed by atoms with Crippen LogP contribution in [0.5, 0.6) is 0 Å². The number of benzene rings is 2. The summed E-state index contributed by atoms with van der Waals surface area (Å²) >= 11 is 6.15. The van der Waals surface area contributed by atoms with Crippen molar-refractivity contribution >= 4 is 29.2 Å². The zero-order valence-electron chi connectivity index (χ0n) is 16.0. The van der Waals surface area contributed by atoms with Gasteiger partial charge in [-0.15, -0.1) is 0 Å². The summed E-state index contributed by atoms with van der Waals surface area (Å²) in [5.74, 6) is -3.71. The quantitative estimate of drug-likeness (QED) is 0.555. The van der Waals surface area contributed by atoms with E-state index in [9.17, 15) is 31.5 Å². The average molecular weight is 471 g/mol. The molecule has 2 amide bonds. The van der Waals surface area contributed by atoms with Gasteiger partial charge >= 0.3 is 6.18 Å². The molecule has 6 nitrogen and oxygen atoms in total. The van der Waals surface area contributed by atoms with Crippen molar-refractivity contribution in [3.05, 3.63) is 81.0 Å². The number of hydrogen-bond acceptors (Lipinski definition) is 3. The monoisotopic (exact) mass is 470 g/mol. The number of fused-ring (bicyclic) bond motifs is 1. The molecule has 1 unspecified atom stereocenters. The van der Waals surface area contributed by atoms with Gasteiger partial charge < -0.3 is 10.6 Å². The van der Waals surface area contributed by atoms with Gasteiger partial charge in [0.2, 0.25) is 0 Å². The highest BCUT2D eigenvalue weighted by atomic mass is 35.5. The van der Waals surface area contributed by atoms with E-state index in [0.717, 1.165) is 16.8 Å². The lowest BCUT2D eigenvalue weighted by Crippen LogP contribution is -2.23. The van der Waals surface area contributed by atoms with Gasteiger partial charge in [0.1, 0.15) is 17.3 Å². The normalized spacial score (nSPS) is 15.5. The molecular weight excluding hydrogens is 459 g/mol. The molecule has 2 aromatic carbocycles. The first-order chi connectivity index (χ1) is 15.0. The molecule has 32 heavy (non-hydrogen) atoms. The Morgan fingerprint density at radius 3 is 2.56 bits per heavy atom. The lowest BCUT2D eigenvalue weighted by atomic mass is 10.0. The number of rotatable bonds is 3. The molecule has 0 saturated carbocycles. The molecule has 2 N–H and O–H groups in total. The molecule has 1 aromatic heterocycles. The van der Waals surface area contributed by atoms with Gasteiger partial charge in [0, 0.05) is 23.2 Å². The van der Waals surface area contributed by atoms with E-state index >= 15 is 0 Å². The summed E-state index contributed by atoms with van der Waals surface area (Å²) in [6, 6.07) is 3.92. The van der Waals surface area contributed by atoms with Gasteiger partial charge in [-0.1, -0.05) is 11.6 Å². The second-order valence-electron chi connectivity index (χ2n) is 6.99. The SMILES string of the molecule is Cn1nc(NC(=O)c2cc(F)cc(C(F)(F)F)c2)c2c1C(=O)NC2c1cc(F)ccc1Cl. The number of aromatic nitrogens is 2. The van der Waals surface area contributed by atoms with Gasteiger partial charge in [0.05, 0.1) is 17.2 Å². The third kappa shape index (κ3) is 3.79. The van der Waals surface area contributed by atoms with Crippen molar-refractivity contribution in [2.45, 2.75) is 12.2 Å². The van der Waals surface area contributed by atoms with Crippen LogP contribution in [0.15, 0.2) is 36.4 Å². The van der Waals surface area contributed by atoms with Crippen molar-refractivity contribution in [1.82, 2.24) is 15.1 Å². The van der Waals surface area contributed by atoms with Gasteiger partial charge in [-0.2, -0.15) is 18.3 Å². The molecule has 12 heteroatoms. The minimum Gasteiger partial charge on any atom is -0.339 e. The van der Waals surface area contributed by atoms with Crippen LogP contribution in [0, 0.1) is 11.6 Å². The Kier molecular flexibility index (Phi) is 5.16. The maximum Gasteiger partial charge on any atom is 0.416 e. The second-order valence-corrected chi connectivity index (χ2v) is 7.39. The zero-order valence-corrected chi connectivity index (χ0v) is 16.8. The predicted octanol–water partition coefficient (Wildman–Crippen LogP) is 4.46. The first-order valence-electron chi connectivity index (χ1n) is 8.97. The van der Waals surface area contributed by atoms with Crippen molar-refractivity contribution in [1.29, 1.82) is 0 Å². The first-order valence-corrected chi connectivity index (χ1v) is 9.35. The van der Waals surface area contributed by atoms with Crippen molar-refractivity contribution < 1.29 is 31.5 Å². The minimum atomic E-state index is -4.86. The number of aryl methyl sites for hydroxylation is 1.